The molecule has 172 valence electrons. The molecule has 0 saturated carbocycles. The van der Waals surface area contributed by atoms with E-state index in [1.807, 2.05) is 48.5 Å². The molecule has 35 heavy (non-hydrogen) atoms. The van der Waals surface area contributed by atoms with Gasteiger partial charge in [0.25, 0.3) is 5.56 Å². The normalized spacial score (nSPS) is 12.3. The second-order valence-corrected chi connectivity index (χ2v) is 10.9. The van der Waals surface area contributed by atoms with Crippen molar-refractivity contribution in [3.63, 3.8) is 0 Å². The maximum atomic E-state index is 13.2. The lowest BCUT2D eigenvalue weighted by Gasteiger charge is -2.10. The molecule has 0 atom stereocenters. The molecule has 0 bridgehead atoms. The predicted octanol–water partition coefficient (Wildman–Crippen LogP) is 6.41. The third-order valence-corrected chi connectivity index (χ3v) is 8.13. The number of ether oxygens (including phenoxy) is 1. The summed E-state index contributed by atoms with van der Waals surface area (Å²) in [5, 5.41) is 2.43. The van der Waals surface area contributed by atoms with Crippen molar-refractivity contribution >= 4 is 66.8 Å². The zero-order chi connectivity index (χ0) is 24.1. The lowest BCUT2D eigenvalue weighted by Crippen LogP contribution is -2.22. The van der Waals surface area contributed by atoms with Gasteiger partial charge < -0.3 is 4.74 Å². The molecule has 4 aromatic carbocycles. The van der Waals surface area contributed by atoms with Crippen LogP contribution in [0.25, 0.3) is 32.8 Å². The fourth-order valence-electron chi connectivity index (χ4n) is 4.28. The fraction of sp³-hybridized carbons (Fsp3) is 0.103. The van der Waals surface area contributed by atoms with Crippen molar-refractivity contribution in [1.82, 2.24) is 9.38 Å². The molecule has 0 spiro atoms. The smallest absolute Gasteiger partial charge is 0.274 e. The third-order valence-electron chi connectivity index (χ3n) is 6.32. The summed E-state index contributed by atoms with van der Waals surface area (Å²) in [5.41, 5.74) is 6.14. The summed E-state index contributed by atoms with van der Waals surface area (Å²) >= 11 is 3.71. The van der Waals surface area contributed by atoms with Crippen LogP contribution in [0, 0.1) is 17.4 Å². The summed E-state index contributed by atoms with van der Waals surface area (Å²) in [5.74, 6) is 0.830. The van der Waals surface area contributed by atoms with E-state index in [1.54, 1.807) is 4.40 Å². The van der Waals surface area contributed by atoms with Crippen molar-refractivity contribution in [2.24, 2.45) is 0 Å². The molecule has 0 aliphatic carbocycles. The average molecular weight is 588 g/mol. The summed E-state index contributed by atoms with van der Waals surface area (Å²) in [6, 6.07) is 24.8. The average Bonchev–Trinajstić information content (AvgIpc) is 3.34. The molecule has 0 unspecified atom stereocenters. The topological polar surface area (TPSA) is 43.6 Å². The van der Waals surface area contributed by atoms with Crippen molar-refractivity contribution in [2.45, 2.75) is 20.5 Å². The molecule has 0 aliphatic rings. The number of aromatic nitrogens is 2. The van der Waals surface area contributed by atoms with Crippen molar-refractivity contribution in [3.8, 4) is 5.75 Å². The van der Waals surface area contributed by atoms with Gasteiger partial charge in [0.1, 0.15) is 12.4 Å². The Morgan fingerprint density at radius 3 is 2.60 bits per heavy atom. The van der Waals surface area contributed by atoms with Gasteiger partial charge in [-0.15, -0.1) is 0 Å². The molecule has 6 rings (SSSR count). The molecule has 0 amide bonds. The number of halogens is 1. The van der Waals surface area contributed by atoms with Crippen molar-refractivity contribution in [1.29, 1.82) is 0 Å². The Labute approximate surface area is 219 Å². The number of hydrogen-bond donors (Lipinski definition) is 0. The van der Waals surface area contributed by atoms with E-state index in [1.165, 1.54) is 27.7 Å². The minimum Gasteiger partial charge on any atom is -0.488 e. The highest BCUT2D eigenvalue weighted by Gasteiger charge is 2.12. The molecule has 2 heterocycles. The van der Waals surface area contributed by atoms with E-state index in [-0.39, 0.29) is 5.56 Å². The van der Waals surface area contributed by atoms with Crippen molar-refractivity contribution in [2.75, 3.05) is 0 Å². The van der Waals surface area contributed by atoms with Crippen molar-refractivity contribution < 1.29 is 4.74 Å². The number of imidazole rings is 1. The zero-order valence-corrected chi connectivity index (χ0v) is 22.2. The highest BCUT2D eigenvalue weighted by Crippen LogP contribution is 2.25. The van der Waals surface area contributed by atoms with Crippen LogP contribution in [-0.4, -0.2) is 9.38 Å². The second kappa shape index (κ2) is 8.77. The van der Waals surface area contributed by atoms with Crippen LogP contribution in [0.1, 0.15) is 22.3 Å². The Morgan fingerprint density at radius 2 is 1.77 bits per heavy atom. The SMILES string of the molecule is Cc1cc2nc3s/c(=C\c4ccc(OCc5ccc6ccccc6c5)c(I)c4)c(=O)n3c2cc1C. The number of rotatable bonds is 4. The van der Waals surface area contributed by atoms with Crippen LogP contribution >= 0.6 is 33.9 Å². The molecule has 6 aromatic rings. The van der Waals surface area contributed by atoms with Gasteiger partial charge in [0.05, 0.1) is 19.1 Å². The maximum absolute atomic E-state index is 13.2. The fourth-order valence-corrected chi connectivity index (χ4v) is 5.97. The Bertz CT molecular complexity index is 1870. The van der Waals surface area contributed by atoms with Crippen LogP contribution < -0.4 is 14.8 Å². The van der Waals surface area contributed by atoms with Crippen LogP contribution in [0.2, 0.25) is 0 Å². The van der Waals surface area contributed by atoms with Crippen LogP contribution in [-0.2, 0) is 6.61 Å². The van der Waals surface area contributed by atoms with E-state index < -0.39 is 0 Å². The molecule has 0 radical (unpaired) electrons. The quantitative estimate of drug-likeness (QED) is 0.224. The molecular weight excluding hydrogens is 567 g/mol. The van der Waals surface area contributed by atoms with Gasteiger partial charge in [-0.3, -0.25) is 4.79 Å². The highest BCUT2D eigenvalue weighted by atomic mass is 127. The Balaban J connectivity index is 1.28. The van der Waals surface area contributed by atoms with Gasteiger partial charge in [-0.2, -0.15) is 0 Å². The summed E-state index contributed by atoms with van der Waals surface area (Å²) < 4.78 is 9.51. The highest BCUT2D eigenvalue weighted by molar-refractivity contribution is 14.1. The maximum Gasteiger partial charge on any atom is 0.274 e. The number of aryl methyl sites for hydroxylation is 2. The Morgan fingerprint density at radius 1 is 0.971 bits per heavy atom. The van der Waals surface area contributed by atoms with Crippen LogP contribution in [0.15, 0.2) is 77.6 Å². The van der Waals surface area contributed by atoms with E-state index in [9.17, 15) is 4.79 Å². The van der Waals surface area contributed by atoms with Gasteiger partial charge in [0.15, 0.2) is 4.96 Å². The van der Waals surface area contributed by atoms with Crippen LogP contribution in [0.3, 0.4) is 0 Å². The standard InChI is InChI=1S/C29H21IN2O2S/c1-17-11-24-25(12-18(17)2)32-28(33)27(35-29(32)31-24)15-19-8-10-26(23(30)14-19)34-16-20-7-9-21-5-3-4-6-22(21)13-20/h3-15H,16H2,1-2H3/b27-15-. The summed E-state index contributed by atoms with van der Waals surface area (Å²) in [7, 11) is 0. The Hall–Kier alpha value is -3.23. The summed E-state index contributed by atoms with van der Waals surface area (Å²) in [4.78, 5) is 18.6. The first-order valence-electron chi connectivity index (χ1n) is 11.3. The predicted molar refractivity (Wildman–Crippen MR) is 153 cm³/mol. The minimum atomic E-state index is -0.0256. The van der Waals surface area contributed by atoms with Gasteiger partial charge in [-0.05, 0) is 106 Å². The molecule has 0 aliphatic heterocycles. The van der Waals surface area contributed by atoms with Gasteiger partial charge >= 0.3 is 0 Å². The number of thiazole rings is 1. The molecule has 0 N–H and O–H groups in total. The van der Waals surface area contributed by atoms with Gasteiger partial charge in [0.2, 0.25) is 0 Å². The van der Waals surface area contributed by atoms with E-state index in [0.717, 1.165) is 42.0 Å². The number of nitrogens with zero attached hydrogens (tertiary/aromatic N) is 2. The molecule has 0 saturated heterocycles. The largest absolute Gasteiger partial charge is 0.488 e. The van der Waals surface area contributed by atoms with E-state index in [4.69, 9.17) is 4.74 Å². The first kappa shape index (κ1) is 22.2. The van der Waals surface area contributed by atoms with Crippen molar-refractivity contribution in [3.05, 3.63) is 114 Å². The molecule has 6 heteroatoms. The summed E-state index contributed by atoms with van der Waals surface area (Å²) in [6.07, 6.45) is 1.93. The zero-order valence-electron chi connectivity index (χ0n) is 19.2. The first-order valence-corrected chi connectivity index (χ1v) is 13.2. The summed E-state index contributed by atoms with van der Waals surface area (Å²) in [6.45, 7) is 4.63. The van der Waals surface area contributed by atoms with Crippen LogP contribution in [0.5, 0.6) is 5.75 Å². The minimum absolute atomic E-state index is 0.0256. The lowest BCUT2D eigenvalue weighted by molar-refractivity contribution is 0.304. The third kappa shape index (κ3) is 4.10. The number of benzene rings is 4. The van der Waals surface area contributed by atoms with Crippen LogP contribution in [0.4, 0.5) is 0 Å². The number of hydrogen-bond acceptors (Lipinski definition) is 4. The number of fused-ring (bicyclic) bond motifs is 4. The lowest BCUT2D eigenvalue weighted by atomic mass is 10.1. The van der Waals surface area contributed by atoms with Gasteiger partial charge in [0, 0.05) is 0 Å². The van der Waals surface area contributed by atoms with Gasteiger partial charge in [-0.25, -0.2) is 9.38 Å². The Kier molecular flexibility index (Phi) is 5.57. The van der Waals surface area contributed by atoms with E-state index in [2.05, 4.69) is 71.8 Å². The van der Waals surface area contributed by atoms with E-state index in [0.29, 0.717) is 11.1 Å². The molecule has 4 nitrogen and oxygen atoms in total. The van der Waals surface area contributed by atoms with E-state index >= 15 is 0 Å². The second-order valence-electron chi connectivity index (χ2n) is 8.73. The van der Waals surface area contributed by atoms with Gasteiger partial charge in [-0.1, -0.05) is 53.8 Å². The molecule has 2 aromatic heterocycles. The monoisotopic (exact) mass is 588 g/mol. The first-order chi connectivity index (χ1) is 17.0. The molecular formula is C29H21IN2O2S. The molecule has 0 fully saturated rings.